The molecule has 2 N–H and O–H groups in total. The molecule has 0 aliphatic carbocycles. The number of aryl methyl sites for hydroxylation is 2. The molecule has 28 heavy (non-hydrogen) atoms. The highest BCUT2D eigenvalue weighted by Gasteiger charge is 2.08. The predicted molar refractivity (Wildman–Crippen MR) is 121 cm³/mol. The van der Waals surface area contributed by atoms with Gasteiger partial charge in [0.2, 0.25) is 0 Å². The Labute approximate surface area is 187 Å². The normalized spacial score (nSPS) is 10.9. The fourth-order valence-corrected chi connectivity index (χ4v) is 3.61. The minimum absolute atomic E-state index is 0.485. The number of thiocarbonyl (C=S) groups is 1. The molecule has 0 spiro atoms. The predicted octanol–water partition coefficient (Wildman–Crippen LogP) is 4.88. The molecule has 0 aliphatic heterocycles. The molecule has 0 amide bonds. The number of hydrogen-bond acceptors (Lipinski definition) is 3. The minimum Gasteiger partial charge on any atom is -0.362 e. The van der Waals surface area contributed by atoms with Gasteiger partial charge in [-0.2, -0.15) is 10.2 Å². The summed E-state index contributed by atoms with van der Waals surface area (Å²) in [6, 6.07) is 7.30. The lowest BCUT2D eigenvalue weighted by atomic mass is 10.2. The van der Waals surface area contributed by atoms with Crippen LogP contribution in [-0.2, 0) is 13.1 Å². The van der Waals surface area contributed by atoms with Crippen molar-refractivity contribution in [2.75, 3.05) is 11.9 Å². The van der Waals surface area contributed by atoms with Crippen LogP contribution in [-0.4, -0.2) is 31.2 Å². The van der Waals surface area contributed by atoms with Crippen LogP contribution in [0.5, 0.6) is 0 Å². The van der Waals surface area contributed by atoms with E-state index in [1.54, 1.807) is 4.68 Å². The molecule has 0 radical (unpaired) electrons. The van der Waals surface area contributed by atoms with E-state index in [1.807, 2.05) is 48.3 Å². The van der Waals surface area contributed by atoms with Crippen molar-refractivity contribution in [3.05, 3.63) is 62.4 Å². The summed E-state index contributed by atoms with van der Waals surface area (Å²) < 4.78 is 4.70. The largest absolute Gasteiger partial charge is 0.362 e. The first-order chi connectivity index (χ1) is 13.4. The Bertz CT molecular complexity index is 931. The number of nitrogens with one attached hydrogen (secondary N) is 2. The molecule has 3 rings (SSSR count). The van der Waals surface area contributed by atoms with Gasteiger partial charge in [0.1, 0.15) is 0 Å². The van der Waals surface area contributed by atoms with Crippen LogP contribution in [0.2, 0.25) is 10.0 Å². The van der Waals surface area contributed by atoms with Crippen molar-refractivity contribution in [3.8, 4) is 0 Å². The summed E-state index contributed by atoms with van der Waals surface area (Å²) in [7, 11) is 0. The highest BCUT2D eigenvalue weighted by atomic mass is 79.9. The van der Waals surface area contributed by atoms with Gasteiger partial charge in [-0.25, -0.2) is 0 Å². The van der Waals surface area contributed by atoms with Crippen LogP contribution in [0.25, 0.3) is 0 Å². The van der Waals surface area contributed by atoms with Gasteiger partial charge >= 0.3 is 0 Å². The zero-order valence-corrected chi connectivity index (χ0v) is 19.0. The van der Waals surface area contributed by atoms with E-state index in [9.17, 15) is 0 Å². The molecule has 0 fully saturated rings. The summed E-state index contributed by atoms with van der Waals surface area (Å²) in [6.45, 7) is 4.00. The smallest absolute Gasteiger partial charge is 0.171 e. The maximum Gasteiger partial charge on any atom is 0.171 e. The molecule has 0 bridgehead atoms. The van der Waals surface area contributed by atoms with E-state index in [1.165, 1.54) is 0 Å². The van der Waals surface area contributed by atoms with Gasteiger partial charge < -0.3 is 10.6 Å². The van der Waals surface area contributed by atoms with Crippen LogP contribution in [0.4, 0.5) is 5.82 Å². The Morgan fingerprint density at radius 1 is 1.18 bits per heavy atom. The molecule has 0 aliphatic rings. The second-order valence-corrected chi connectivity index (χ2v) is 8.24. The first kappa shape index (κ1) is 21.1. The Balaban J connectivity index is 1.44. The van der Waals surface area contributed by atoms with Gasteiger partial charge in [0.15, 0.2) is 10.9 Å². The monoisotopic (exact) mass is 500 g/mol. The Morgan fingerprint density at radius 2 is 1.93 bits per heavy atom. The molecule has 0 unspecified atom stereocenters. The van der Waals surface area contributed by atoms with Crippen LogP contribution >= 0.6 is 51.3 Å². The average molecular weight is 502 g/mol. The summed E-state index contributed by atoms with van der Waals surface area (Å²) in [5.41, 5.74) is 1.82. The van der Waals surface area contributed by atoms with Gasteiger partial charge in [0.25, 0.3) is 0 Å². The van der Waals surface area contributed by atoms with Crippen LogP contribution in [0.1, 0.15) is 17.7 Å². The van der Waals surface area contributed by atoms with E-state index in [4.69, 9.17) is 35.4 Å². The lowest BCUT2D eigenvalue weighted by molar-refractivity contribution is 0.570. The lowest BCUT2D eigenvalue weighted by Gasteiger charge is -2.09. The number of halogens is 3. The fourth-order valence-electron chi connectivity index (χ4n) is 2.57. The standard InChI is InChI=1S/C18H19BrCl2N6S/c1-12-14(19)11-26(24-12)8-3-7-22-18(28)23-17-6-9-27(25-17)10-13-15(20)4-2-5-16(13)21/h2,4-6,9,11H,3,7-8,10H2,1H3,(H2,22,23,25,28). The topological polar surface area (TPSA) is 59.7 Å². The molecule has 148 valence electrons. The Kier molecular flexibility index (Phi) is 7.34. The fraction of sp³-hybridized carbons (Fsp3) is 0.278. The van der Waals surface area contributed by atoms with Gasteiger partial charge in [-0.1, -0.05) is 29.3 Å². The maximum atomic E-state index is 6.21. The van der Waals surface area contributed by atoms with Gasteiger partial charge in [0, 0.05) is 47.2 Å². The minimum atomic E-state index is 0.485. The van der Waals surface area contributed by atoms with Crippen molar-refractivity contribution in [1.82, 2.24) is 24.9 Å². The molecule has 3 aromatic rings. The number of benzene rings is 1. The molecule has 2 heterocycles. The third kappa shape index (κ3) is 5.70. The lowest BCUT2D eigenvalue weighted by Crippen LogP contribution is -2.30. The SMILES string of the molecule is Cc1nn(CCCNC(=S)Nc2ccn(Cc3c(Cl)cccc3Cl)n2)cc1Br. The summed E-state index contributed by atoms with van der Waals surface area (Å²) >= 11 is 21.2. The van der Waals surface area contributed by atoms with Crippen LogP contribution in [0, 0.1) is 6.92 Å². The summed E-state index contributed by atoms with van der Waals surface area (Å²) in [4.78, 5) is 0. The van der Waals surface area contributed by atoms with E-state index in [2.05, 4.69) is 36.8 Å². The van der Waals surface area contributed by atoms with Crippen molar-refractivity contribution in [2.24, 2.45) is 0 Å². The highest BCUT2D eigenvalue weighted by Crippen LogP contribution is 2.25. The quantitative estimate of drug-likeness (QED) is 0.356. The second-order valence-electron chi connectivity index (χ2n) is 6.16. The second kappa shape index (κ2) is 9.73. The zero-order chi connectivity index (χ0) is 20.1. The molecule has 0 saturated heterocycles. The first-order valence-electron chi connectivity index (χ1n) is 8.63. The first-order valence-corrected chi connectivity index (χ1v) is 10.6. The number of nitrogens with zero attached hydrogens (tertiary/aromatic N) is 4. The third-order valence-electron chi connectivity index (χ3n) is 4.00. The molecule has 10 heteroatoms. The summed E-state index contributed by atoms with van der Waals surface area (Å²) in [6.07, 6.45) is 4.72. The Hall–Kier alpha value is -1.61. The van der Waals surface area contributed by atoms with E-state index in [0.29, 0.717) is 27.5 Å². The number of hydrogen-bond donors (Lipinski definition) is 2. The van der Waals surface area contributed by atoms with E-state index < -0.39 is 0 Å². The molecule has 2 aromatic heterocycles. The number of aromatic nitrogens is 4. The van der Waals surface area contributed by atoms with Gasteiger partial charge in [-0.05, 0) is 53.6 Å². The molecular weight excluding hydrogens is 483 g/mol. The van der Waals surface area contributed by atoms with Crippen molar-refractivity contribution in [1.29, 1.82) is 0 Å². The summed E-state index contributed by atoms with van der Waals surface area (Å²) in [5.74, 6) is 0.660. The van der Waals surface area contributed by atoms with Crippen molar-refractivity contribution >= 4 is 62.3 Å². The van der Waals surface area contributed by atoms with Crippen LogP contribution in [0.15, 0.2) is 41.1 Å². The molecular formula is C18H19BrCl2N6S. The van der Waals surface area contributed by atoms with Gasteiger partial charge in [-0.3, -0.25) is 9.36 Å². The van der Waals surface area contributed by atoms with E-state index in [0.717, 1.165) is 35.2 Å². The third-order valence-corrected chi connectivity index (χ3v) is 5.73. The molecule has 6 nitrogen and oxygen atoms in total. The van der Waals surface area contributed by atoms with E-state index >= 15 is 0 Å². The number of anilines is 1. The molecule has 0 atom stereocenters. The summed E-state index contributed by atoms with van der Waals surface area (Å²) in [5, 5.41) is 16.9. The van der Waals surface area contributed by atoms with Crippen molar-refractivity contribution in [3.63, 3.8) is 0 Å². The van der Waals surface area contributed by atoms with Crippen molar-refractivity contribution in [2.45, 2.75) is 26.4 Å². The van der Waals surface area contributed by atoms with Gasteiger partial charge in [0.05, 0.1) is 16.7 Å². The van der Waals surface area contributed by atoms with E-state index in [-0.39, 0.29) is 0 Å². The average Bonchev–Trinajstić information content (AvgIpc) is 3.21. The maximum absolute atomic E-state index is 6.21. The number of rotatable bonds is 7. The molecule has 1 aromatic carbocycles. The van der Waals surface area contributed by atoms with Crippen molar-refractivity contribution < 1.29 is 0 Å². The molecule has 0 saturated carbocycles. The Morgan fingerprint density at radius 3 is 2.61 bits per heavy atom. The zero-order valence-electron chi connectivity index (χ0n) is 15.1. The highest BCUT2D eigenvalue weighted by molar-refractivity contribution is 9.10. The van der Waals surface area contributed by atoms with Gasteiger partial charge in [-0.15, -0.1) is 0 Å². The van der Waals surface area contributed by atoms with Crippen LogP contribution < -0.4 is 10.6 Å². The van der Waals surface area contributed by atoms with Crippen LogP contribution in [0.3, 0.4) is 0 Å².